The molecule has 2 N–H and O–H groups in total. The Bertz CT molecular complexity index is 809. The van der Waals surface area contributed by atoms with Gasteiger partial charge in [-0.3, -0.25) is 14.3 Å². The monoisotopic (exact) mass is 321 g/mol. The Morgan fingerprint density at radius 1 is 1.22 bits per heavy atom. The number of hydrogen-bond donors (Lipinski definition) is 2. The third kappa shape index (κ3) is 2.90. The summed E-state index contributed by atoms with van der Waals surface area (Å²) in [5.41, 5.74) is -0.241. The minimum atomic E-state index is -0.616. The number of nitrogens with zero attached hydrogens (tertiary/aromatic N) is 4. The number of aryl methyl sites for hydroxylation is 1. The summed E-state index contributed by atoms with van der Waals surface area (Å²) < 4.78 is 3.08. The van der Waals surface area contributed by atoms with Crippen molar-refractivity contribution in [1.82, 2.24) is 19.1 Å². The molecule has 2 aromatic heterocycles. The summed E-state index contributed by atoms with van der Waals surface area (Å²) in [7, 11) is 1.59. The van der Waals surface area contributed by atoms with Crippen LogP contribution in [0.15, 0.2) is 9.59 Å². The van der Waals surface area contributed by atoms with Gasteiger partial charge >= 0.3 is 5.69 Å². The third-order valence-corrected chi connectivity index (χ3v) is 4.32. The Balaban J connectivity index is 2.23. The van der Waals surface area contributed by atoms with Crippen LogP contribution < -0.4 is 16.1 Å². The molecule has 2 aromatic rings. The summed E-state index contributed by atoms with van der Waals surface area (Å²) in [5, 5.41) is 9.83. The van der Waals surface area contributed by atoms with E-state index in [1.807, 2.05) is 0 Å². The highest BCUT2D eigenvalue weighted by atomic mass is 16.3. The molecule has 1 aliphatic heterocycles. The number of aromatic nitrogens is 4. The fraction of sp³-hybridized carbons (Fsp3) is 0.667. The van der Waals surface area contributed by atoms with Crippen LogP contribution >= 0.6 is 0 Å². The predicted molar refractivity (Wildman–Crippen MR) is 88.0 cm³/mol. The van der Waals surface area contributed by atoms with Gasteiger partial charge in [0, 0.05) is 20.1 Å². The minimum Gasteiger partial charge on any atom is -0.392 e. The van der Waals surface area contributed by atoms with E-state index in [0.29, 0.717) is 17.1 Å². The number of imidazole rings is 1. The number of rotatable bonds is 3. The smallest absolute Gasteiger partial charge is 0.329 e. The number of aromatic amines is 1. The number of nitrogens with one attached hydrogen (secondary N) is 1. The van der Waals surface area contributed by atoms with Crippen LogP contribution in [0.1, 0.15) is 32.6 Å². The van der Waals surface area contributed by atoms with Crippen LogP contribution in [0.25, 0.3) is 11.2 Å². The number of aliphatic hydroxyl groups is 1. The van der Waals surface area contributed by atoms with Crippen molar-refractivity contribution in [3.63, 3.8) is 0 Å². The van der Waals surface area contributed by atoms with Crippen LogP contribution in [0.5, 0.6) is 0 Å². The molecule has 1 saturated heterocycles. The van der Waals surface area contributed by atoms with Crippen molar-refractivity contribution in [2.45, 2.75) is 45.3 Å². The molecule has 23 heavy (non-hydrogen) atoms. The van der Waals surface area contributed by atoms with E-state index in [0.717, 1.165) is 25.9 Å². The van der Waals surface area contributed by atoms with Gasteiger partial charge in [0.15, 0.2) is 11.2 Å². The molecule has 3 heterocycles. The molecule has 8 nitrogen and oxygen atoms in total. The summed E-state index contributed by atoms with van der Waals surface area (Å²) in [6.07, 6.45) is 3.91. The Morgan fingerprint density at radius 3 is 2.48 bits per heavy atom. The lowest BCUT2D eigenvalue weighted by Crippen LogP contribution is -2.31. The summed E-state index contributed by atoms with van der Waals surface area (Å²) in [6, 6.07) is 0. The van der Waals surface area contributed by atoms with Crippen LogP contribution in [0.4, 0.5) is 5.95 Å². The highest BCUT2D eigenvalue weighted by molar-refractivity contribution is 5.74. The van der Waals surface area contributed by atoms with E-state index in [4.69, 9.17) is 0 Å². The zero-order chi connectivity index (χ0) is 16.6. The number of anilines is 1. The largest absolute Gasteiger partial charge is 0.392 e. The normalized spacial score (nSPS) is 17.4. The van der Waals surface area contributed by atoms with Gasteiger partial charge in [0.2, 0.25) is 5.95 Å². The zero-order valence-electron chi connectivity index (χ0n) is 13.6. The molecular formula is C15H23N5O3. The maximum Gasteiger partial charge on any atom is 0.329 e. The summed E-state index contributed by atoms with van der Waals surface area (Å²) in [6.45, 7) is 3.68. The van der Waals surface area contributed by atoms with E-state index in [1.54, 1.807) is 18.5 Å². The highest BCUT2D eigenvalue weighted by Gasteiger charge is 2.22. The van der Waals surface area contributed by atoms with Gasteiger partial charge in [-0.2, -0.15) is 4.98 Å². The van der Waals surface area contributed by atoms with Crippen molar-refractivity contribution >= 4 is 17.1 Å². The Labute approximate surface area is 133 Å². The van der Waals surface area contributed by atoms with Crippen LogP contribution in [0.2, 0.25) is 0 Å². The average Bonchev–Trinajstić information content (AvgIpc) is 2.69. The summed E-state index contributed by atoms with van der Waals surface area (Å²) >= 11 is 0. The maximum absolute atomic E-state index is 12.3. The molecular weight excluding hydrogens is 298 g/mol. The van der Waals surface area contributed by atoms with Gasteiger partial charge in [-0.05, 0) is 19.8 Å². The highest BCUT2D eigenvalue weighted by Crippen LogP contribution is 2.23. The second-order valence-electron chi connectivity index (χ2n) is 6.26. The SMILES string of the molecule is CC(O)Cn1c(N2CCCCCC2)nc2c1c(=O)[nH]c(=O)n2C. The van der Waals surface area contributed by atoms with Crippen molar-refractivity contribution in [3.05, 3.63) is 20.8 Å². The van der Waals surface area contributed by atoms with Gasteiger partial charge in [0.1, 0.15) is 0 Å². The van der Waals surface area contributed by atoms with Crippen molar-refractivity contribution in [2.24, 2.45) is 7.05 Å². The molecule has 0 saturated carbocycles. The molecule has 1 fully saturated rings. The molecule has 0 spiro atoms. The first-order valence-corrected chi connectivity index (χ1v) is 8.11. The standard InChI is InChI=1S/C15H23N5O3/c1-10(21)9-20-11-12(18(2)15(23)17-13(11)22)16-14(20)19-7-5-3-4-6-8-19/h10,21H,3-9H2,1-2H3,(H,17,22,23). The lowest BCUT2D eigenvalue weighted by Gasteiger charge is -2.23. The molecule has 0 bridgehead atoms. The third-order valence-electron chi connectivity index (χ3n) is 4.32. The fourth-order valence-electron chi connectivity index (χ4n) is 3.17. The Hall–Kier alpha value is -2.09. The molecule has 0 amide bonds. The van der Waals surface area contributed by atoms with Gasteiger partial charge in [0.25, 0.3) is 5.56 Å². The van der Waals surface area contributed by atoms with Crippen LogP contribution in [-0.4, -0.2) is 43.4 Å². The quantitative estimate of drug-likeness (QED) is 0.841. The molecule has 1 atom stereocenters. The van der Waals surface area contributed by atoms with E-state index >= 15 is 0 Å². The van der Waals surface area contributed by atoms with E-state index in [2.05, 4.69) is 14.9 Å². The van der Waals surface area contributed by atoms with Crippen LogP contribution in [0.3, 0.4) is 0 Å². The first-order chi connectivity index (χ1) is 11.0. The van der Waals surface area contributed by atoms with Gasteiger partial charge in [-0.25, -0.2) is 4.79 Å². The number of H-pyrrole nitrogens is 1. The number of aliphatic hydroxyl groups excluding tert-OH is 1. The molecule has 126 valence electrons. The second-order valence-corrected chi connectivity index (χ2v) is 6.26. The van der Waals surface area contributed by atoms with Crippen molar-refractivity contribution in [2.75, 3.05) is 18.0 Å². The maximum atomic E-state index is 12.3. The number of hydrogen-bond acceptors (Lipinski definition) is 5. The van der Waals surface area contributed by atoms with Crippen LogP contribution in [-0.2, 0) is 13.6 Å². The first-order valence-electron chi connectivity index (χ1n) is 8.11. The molecule has 0 aromatic carbocycles. The first kappa shape index (κ1) is 15.8. The van der Waals surface area contributed by atoms with Crippen molar-refractivity contribution in [3.8, 4) is 0 Å². The van der Waals surface area contributed by atoms with Crippen molar-refractivity contribution < 1.29 is 5.11 Å². The molecule has 8 heteroatoms. The van der Waals surface area contributed by atoms with E-state index in [-0.39, 0.29) is 6.54 Å². The molecule has 1 aliphatic rings. The lowest BCUT2D eigenvalue weighted by atomic mass is 10.2. The van der Waals surface area contributed by atoms with E-state index in [9.17, 15) is 14.7 Å². The second kappa shape index (κ2) is 6.19. The van der Waals surface area contributed by atoms with Gasteiger partial charge in [-0.1, -0.05) is 12.8 Å². The summed E-state index contributed by atoms with van der Waals surface area (Å²) in [5.74, 6) is 0.662. The lowest BCUT2D eigenvalue weighted by molar-refractivity contribution is 0.175. The molecule has 1 unspecified atom stereocenters. The topological polar surface area (TPSA) is 96.2 Å². The fourth-order valence-corrected chi connectivity index (χ4v) is 3.17. The molecule has 3 rings (SSSR count). The van der Waals surface area contributed by atoms with Gasteiger partial charge in [-0.15, -0.1) is 0 Å². The average molecular weight is 321 g/mol. The summed E-state index contributed by atoms with van der Waals surface area (Å²) in [4.78, 5) is 33.2. The van der Waals surface area contributed by atoms with Crippen LogP contribution in [0, 0.1) is 0 Å². The zero-order valence-corrected chi connectivity index (χ0v) is 13.6. The van der Waals surface area contributed by atoms with E-state index in [1.165, 1.54) is 17.4 Å². The number of fused-ring (bicyclic) bond motifs is 1. The Kier molecular flexibility index (Phi) is 4.25. The predicted octanol–water partition coefficient (Wildman–Crippen LogP) is 0.184. The van der Waals surface area contributed by atoms with E-state index < -0.39 is 17.4 Å². The van der Waals surface area contributed by atoms with Crippen molar-refractivity contribution in [1.29, 1.82) is 0 Å². The molecule has 0 radical (unpaired) electrons. The Morgan fingerprint density at radius 2 is 1.87 bits per heavy atom. The minimum absolute atomic E-state index is 0.267. The van der Waals surface area contributed by atoms with Gasteiger partial charge < -0.3 is 14.6 Å². The van der Waals surface area contributed by atoms with Gasteiger partial charge in [0.05, 0.1) is 12.6 Å². The molecule has 0 aliphatic carbocycles.